The standard InChI is InChI=1S/C8H17NO2/c1-6(2)8-5-11-4-7(3-10)9-8/h6-10H,3-5H2,1-2H3. The van der Waals surface area contributed by atoms with E-state index >= 15 is 0 Å². The highest BCUT2D eigenvalue weighted by atomic mass is 16.5. The summed E-state index contributed by atoms with van der Waals surface area (Å²) in [5.74, 6) is 0.573. The molecule has 0 saturated carbocycles. The number of ether oxygens (including phenoxy) is 1. The Labute approximate surface area is 67.7 Å². The molecule has 2 unspecified atom stereocenters. The number of hydrogen-bond acceptors (Lipinski definition) is 3. The normalized spacial score (nSPS) is 32.7. The minimum atomic E-state index is 0.135. The van der Waals surface area contributed by atoms with Gasteiger partial charge in [0, 0.05) is 6.04 Å². The van der Waals surface area contributed by atoms with Gasteiger partial charge in [0.15, 0.2) is 0 Å². The maximum atomic E-state index is 8.85. The molecule has 66 valence electrons. The first kappa shape index (κ1) is 8.97. The van der Waals surface area contributed by atoms with E-state index in [1.807, 2.05) is 0 Å². The van der Waals surface area contributed by atoms with E-state index in [0.29, 0.717) is 18.6 Å². The van der Waals surface area contributed by atoms with Crippen LogP contribution in [-0.4, -0.2) is 37.0 Å². The Bertz CT molecular complexity index is 117. The van der Waals surface area contributed by atoms with E-state index in [4.69, 9.17) is 9.84 Å². The second kappa shape index (κ2) is 4.04. The molecule has 0 spiro atoms. The first-order valence-corrected chi connectivity index (χ1v) is 4.18. The van der Waals surface area contributed by atoms with E-state index in [2.05, 4.69) is 19.2 Å². The van der Waals surface area contributed by atoms with Gasteiger partial charge in [0.2, 0.25) is 0 Å². The maximum absolute atomic E-state index is 8.85. The highest BCUT2D eigenvalue weighted by molar-refractivity contribution is 4.79. The lowest BCUT2D eigenvalue weighted by Crippen LogP contribution is -2.52. The molecular weight excluding hydrogens is 142 g/mol. The number of morpholine rings is 1. The van der Waals surface area contributed by atoms with Gasteiger partial charge in [-0.1, -0.05) is 13.8 Å². The van der Waals surface area contributed by atoms with Gasteiger partial charge in [-0.3, -0.25) is 0 Å². The van der Waals surface area contributed by atoms with E-state index in [1.54, 1.807) is 0 Å². The van der Waals surface area contributed by atoms with Crippen LogP contribution in [0.2, 0.25) is 0 Å². The van der Waals surface area contributed by atoms with Crippen LogP contribution in [0.3, 0.4) is 0 Å². The summed E-state index contributed by atoms with van der Waals surface area (Å²) in [6.07, 6.45) is 0. The summed E-state index contributed by atoms with van der Waals surface area (Å²) in [6.45, 7) is 5.89. The Morgan fingerprint density at radius 3 is 2.82 bits per heavy atom. The van der Waals surface area contributed by atoms with Crippen LogP contribution in [0, 0.1) is 5.92 Å². The second-order valence-corrected chi connectivity index (χ2v) is 3.43. The van der Waals surface area contributed by atoms with E-state index in [0.717, 1.165) is 6.61 Å². The molecule has 1 rings (SSSR count). The smallest absolute Gasteiger partial charge is 0.0642 e. The molecule has 0 amide bonds. The van der Waals surface area contributed by atoms with Crippen molar-refractivity contribution in [3.05, 3.63) is 0 Å². The van der Waals surface area contributed by atoms with Crippen LogP contribution in [0.25, 0.3) is 0 Å². The summed E-state index contributed by atoms with van der Waals surface area (Å²) >= 11 is 0. The third-order valence-corrected chi connectivity index (χ3v) is 2.09. The third kappa shape index (κ3) is 2.43. The SMILES string of the molecule is CC(C)C1COCC(CO)N1. The molecule has 3 heteroatoms. The summed E-state index contributed by atoms with van der Waals surface area (Å²) in [5.41, 5.74) is 0. The van der Waals surface area contributed by atoms with Crippen LogP contribution >= 0.6 is 0 Å². The molecular formula is C8H17NO2. The molecule has 1 heterocycles. The lowest BCUT2D eigenvalue weighted by Gasteiger charge is -2.32. The minimum absolute atomic E-state index is 0.135. The molecule has 3 nitrogen and oxygen atoms in total. The van der Waals surface area contributed by atoms with Crippen molar-refractivity contribution in [3.63, 3.8) is 0 Å². The van der Waals surface area contributed by atoms with Crippen LogP contribution in [0.1, 0.15) is 13.8 Å². The quantitative estimate of drug-likeness (QED) is 0.595. The van der Waals surface area contributed by atoms with Crippen LogP contribution in [0.4, 0.5) is 0 Å². The zero-order chi connectivity index (χ0) is 8.27. The molecule has 0 bridgehead atoms. The molecule has 1 saturated heterocycles. The van der Waals surface area contributed by atoms with E-state index in [9.17, 15) is 0 Å². The minimum Gasteiger partial charge on any atom is -0.395 e. The van der Waals surface area contributed by atoms with Crippen molar-refractivity contribution in [2.45, 2.75) is 25.9 Å². The van der Waals surface area contributed by atoms with Gasteiger partial charge in [-0.25, -0.2) is 0 Å². The zero-order valence-corrected chi connectivity index (χ0v) is 7.21. The Hall–Kier alpha value is -0.120. The van der Waals surface area contributed by atoms with Gasteiger partial charge in [-0.15, -0.1) is 0 Å². The molecule has 0 aromatic rings. The fourth-order valence-electron chi connectivity index (χ4n) is 1.23. The van der Waals surface area contributed by atoms with Crippen molar-refractivity contribution >= 4 is 0 Å². The van der Waals surface area contributed by atoms with Gasteiger partial charge in [0.1, 0.15) is 0 Å². The first-order chi connectivity index (χ1) is 5.24. The highest BCUT2D eigenvalue weighted by Gasteiger charge is 2.22. The lowest BCUT2D eigenvalue weighted by atomic mass is 10.0. The van der Waals surface area contributed by atoms with E-state index in [-0.39, 0.29) is 12.6 Å². The van der Waals surface area contributed by atoms with Crippen molar-refractivity contribution in [2.75, 3.05) is 19.8 Å². The van der Waals surface area contributed by atoms with E-state index in [1.165, 1.54) is 0 Å². The van der Waals surface area contributed by atoms with Crippen molar-refractivity contribution in [1.82, 2.24) is 5.32 Å². The predicted molar refractivity (Wildman–Crippen MR) is 43.5 cm³/mol. The van der Waals surface area contributed by atoms with E-state index < -0.39 is 0 Å². The average Bonchev–Trinajstić information content (AvgIpc) is 2.05. The number of aliphatic hydroxyl groups excluding tert-OH is 1. The molecule has 0 aromatic carbocycles. The summed E-state index contributed by atoms with van der Waals surface area (Å²) in [5, 5.41) is 12.2. The number of nitrogens with one attached hydrogen (secondary N) is 1. The molecule has 1 aliphatic heterocycles. The molecule has 0 aliphatic carbocycles. The summed E-state index contributed by atoms with van der Waals surface area (Å²) in [6, 6.07) is 0.539. The number of aliphatic hydroxyl groups is 1. The summed E-state index contributed by atoms with van der Waals surface area (Å²) in [7, 11) is 0. The Balaban J connectivity index is 2.33. The van der Waals surface area contributed by atoms with Gasteiger partial charge in [0.25, 0.3) is 0 Å². The fourth-order valence-corrected chi connectivity index (χ4v) is 1.23. The number of rotatable bonds is 2. The van der Waals surface area contributed by atoms with Crippen molar-refractivity contribution in [1.29, 1.82) is 0 Å². The fraction of sp³-hybridized carbons (Fsp3) is 1.00. The molecule has 2 N–H and O–H groups in total. The predicted octanol–water partition coefficient (Wildman–Crippen LogP) is -0.00830. The Morgan fingerprint density at radius 1 is 1.55 bits per heavy atom. The molecule has 11 heavy (non-hydrogen) atoms. The third-order valence-electron chi connectivity index (χ3n) is 2.09. The summed E-state index contributed by atoms with van der Waals surface area (Å²) in [4.78, 5) is 0. The monoisotopic (exact) mass is 159 g/mol. The zero-order valence-electron chi connectivity index (χ0n) is 7.21. The summed E-state index contributed by atoms with van der Waals surface area (Å²) < 4.78 is 5.32. The van der Waals surface area contributed by atoms with Crippen LogP contribution in [0.5, 0.6) is 0 Å². The average molecular weight is 159 g/mol. The van der Waals surface area contributed by atoms with Gasteiger partial charge in [0.05, 0.1) is 25.9 Å². The van der Waals surface area contributed by atoms with Gasteiger partial charge in [-0.2, -0.15) is 0 Å². The Morgan fingerprint density at radius 2 is 2.27 bits per heavy atom. The molecule has 0 aromatic heterocycles. The van der Waals surface area contributed by atoms with Gasteiger partial charge < -0.3 is 15.2 Å². The maximum Gasteiger partial charge on any atom is 0.0642 e. The largest absolute Gasteiger partial charge is 0.395 e. The molecule has 1 aliphatic rings. The van der Waals surface area contributed by atoms with Crippen LogP contribution < -0.4 is 5.32 Å². The number of hydrogen-bond donors (Lipinski definition) is 2. The van der Waals surface area contributed by atoms with Crippen molar-refractivity contribution < 1.29 is 9.84 Å². The highest BCUT2D eigenvalue weighted by Crippen LogP contribution is 2.07. The molecule has 1 fully saturated rings. The van der Waals surface area contributed by atoms with Crippen LogP contribution in [0.15, 0.2) is 0 Å². The van der Waals surface area contributed by atoms with Crippen molar-refractivity contribution in [3.8, 4) is 0 Å². The van der Waals surface area contributed by atoms with Crippen molar-refractivity contribution in [2.24, 2.45) is 5.92 Å². The Kier molecular flexibility index (Phi) is 3.30. The van der Waals surface area contributed by atoms with Gasteiger partial charge in [-0.05, 0) is 5.92 Å². The second-order valence-electron chi connectivity index (χ2n) is 3.43. The molecule has 2 atom stereocenters. The molecule has 0 radical (unpaired) electrons. The van der Waals surface area contributed by atoms with Crippen LogP contribution in [-0.2, 0) is 4.74 Å². The topological polar surface area (TPSA) is 41.5 Å². The van der Waals surface area contributed by atoms with Gasteiger partial charge >= 0.3 is 0 Å². The first-order valence-electron chi connectivity index (χ1n) is 4.18. The lowest BCUT2D eigenvalue weighted by molar-refractivity contribution is 0.0152.